The lowest BCUT2D eigenvalue weighted by atomic mass is 9.98. The van der Waals surface area contributed by atoms with Crippen molar-refractivity contribution in [2.24, 2.45) is 5.92 Å². The lowest BCUT2D eigenvalue weighted by Crippen LogP contribution is -2.40. The molecule has 1 fully saturated rings. The third-order valence-electron chi connectivity index (χ3n) is 4.56. The summed E-state index contributed by atoms with van der Waals surface area (Å²) in [4.78, 5) is 16.3. The van der Waals surface area contributed by atoms with E-state index < -0.39 is 10.0 Å². The first-order valence-corrected chi connectivity index (χ1v) is 10.0. The van der Waals surface area contributed by atoms with Crippen molar-refractivity contribution in [3.63, 3.8) is 0 Å². The van der Waals surface area contributed by atoms with Gasteiger partial charge in [-0.15, -0.1) is 0 Å². The molecule has 1 aliphatic rings. The normalized spacial score (nSPS) is 16.3. The molecule has 1 aromatic carbocycles. The van der Waals surface area contributed by atoms with Gasteiger partial charge in [0, 0.05) is 25.5 Å². The number of sulfonamides is 1. The Labute approximate surface area is 153 Å². The van der Waals surface area contributed by atoms with Gasteiger partial charge in [0.25, 0.3) is 0 Å². The lowest BCUT2D eigenvalue weighted by molar-refractivity contribution is -0.151. The molecule has 2 aromatic rings. The molecule has 0 N–H and O–H groups in total. The lowest BCUT2D eigenvalue weighted by Gasteiger charge is -2.30. The van der Waals surface area contributed by atoms with Gasteiger partial charge < -0.3 is 4.74 Å². The van der Waals surface area contributed by atoms with Crippen LogP contribution in [0.1, 0.15) is 24.0 Å². The highest BCUT2D eigenvalue weighted by atomic mass is 32.2. The van der Waals surface area contributed by atoms with Crippen LogP contribution in [-0.4, -0.2) is 36.8 Å². The monoisotopic (exact) mass is 374 g/mol. The molecule has 1 aromatic heterocycles. The Morgan fingerprint density at radius 3 is 2.50 bits per heavy atom. The quantitative estimate of drug-likeness (QED) is 0.752. The first-order valence-electron chi connectivity index (χ1n) is 8.59. The number of esters is 1. The molecule has 138 valence electrons. The molecule has 0 atom stereocenters. The molecule has 3 rings (SSSR count). The van der Waals surface area contributed by atoms with Crippen LogP contribution in [0, 0.1) is 12.8 Å². The number of benzene rings is 1. The molecule has 1 saturated heterocycles. The van der Waals surface area contributed by atoms with Crippen LogP contribution < -0.4 is 0 Å². The number of hydrogen-bond donors (Lipinski definition) is 0. The molecule has 1 aliphatic heterocycles. The van der Waals surface area contributed by atoms with Gasteiger partial charge in [-0.25, -0.2) is 8.42 Å². The van der Waals surface area contributed by atoms with E-state index in [2.05, 4.69) is 4.98 Å². The number of ether oxygens (including phenoxy) is 1. The number of carbonyl (C=O) groups is 1. The van der Waals surface area contributed by atoms with Crippen LogP contribution >= 0.6 is 0 Å². The predicted octanol–water partition coefficient (Wildman–Crippen LogP) is 2.53. The number of piperidine rings is 1. The van der Waals surface area contributed by atoms with Gasteiger partial charge in [0.05, 0.1) is 5.92 Å². The molecule has 0 saturated carbocycles. The molecular weight excluding hydrogens is 352 g/mol. The Morgan fingerprint density at radius 2 is 1.88 bits per heavy atom. The summed E-state index contributed by atoms with van der Waals surface area (Å²) in [5, 5.41) is 0. The fourth-order valence-corrected chi connectivity index (χ4v) is 4.37. The first kappa shape index (κ1) is 18.5. The van der Waals surface area contributed by atoms with Gasteiger partial charge in [0.1, 0.15) is 11.5 Å². The summed E-state index contributed by atoms with van der Waals surface area (Å²) in [7, 11) is -3.55. The SMILES string of the molecule is Cc1ccc(COC(=O)C2CCN(S(=O)(=O)c3cccnc3)CC2)cc1. The zero-order valence-electron chi connectivity index (χ0n) is 14.7. The number of aryl methyl sites for hydroxylation is 1. The van der Waals surface area contributed by atoms with Gasteiger partial charge in [-0.1, -0.05) is 29.8 Å². The number of nitrogens with zero attached hydrogens (tertiary/aromatic N) is 2. The van der Waals surface area contributed by atoms with Gasteiger partial charge in [0.2, 0.25) is 10.0 Å². The average Bonchev–Trinajstić information content (AvgIpc) is 2.68. The summed E-state index contributed by atoms with van der Waals surface area (Å²) < 4.78 is 31.9. The number of hydrogen-bond acceptors (Lipinski definition) is 5. The largest absolute Gasteiger partial charge is 0.461 e. The second-order valence-electron chi connectivity index (χ2n) is 6.46. The Kier molecular flexibility index (Phi) is 5.68. The van der Waals surface area contributed by atoms with Crippen LogP contribution in [0.5, 0.6) is 0 Å². The van der Waals surface area contributed by atoms with E-state index in [-0.39, 0.29) is 23.4 Å². The van der Waals surface area contributed by atoms with Crippen molar-refractivity contribution in [3.8, 4) is 0 Å². The number of rotatable bonds is 5. The molecule has 2 heterocycles. The molecule has 26 heavy (non-hydrogen) atoms. The second kappa shape index (κ2) is 7.97. The molecule has 0 amide bonds. The van der Waals surface area contributed by atoms with E-state index in [1.165, 1.54) is 22.8 Å². The first-order chi connectivity index (χ1) is 12.5. The Morgan fingerprint density at radius 1 is 1.19 bits per heavy atom. The minimum atomic E-state index is -3.55. The van der Waals surface area contributed by atoms with Crippen molar-refractivity contribution in [3.05, 3.63) is 59.9 Å². The van der Waals surface area contributed by atoms with Gasteiger partial charge in [-0.3, -0.25) is 9.78 Å². The van der Waals surface area contributed by atoms with Crippen LogP contribution in [0.2, 0.25) is 0 Å². The summed E-state index contributed by atoms with van der Waals surface area (Å²) >= 11 is 0. The maximum Gasteiger partial charge on any atom is 0.309 e. The fraction of sp³-hybridized carbons (Fsp3) is 0.368. The summed E-state index contributed by atoms with van der Waals surface area (Å²) in [6, 6.07) is 11.0. The van der Waals surface area contributed by atoms with E-state index in [0.717, 1.165) is 11.1 Å². The molecule has 0 unspecified atom stereocenters. The van der Waals surface area contributed by atoms with Crippen LogP contribution in [0.3, 0.4) is 0 Å². The summed E-state index contributed by atoms with van der Waals surface area (Å²) in [6.07, 6.45) is 3.81. The fourth-order valence-electron chi connectivity index (χ4n) is 2.94. The topological polar surface area (TPSA) is 76.6 Å². The number of pyridine rings is 1. The highest BCUT2D eigenvalue weighted by Crippen LogP contribution is 2.24. The smallest absolute Gasteiger partial charge is 0.309 e. The zero-order chi connectivity index (χ0) is 18.6. The molecular formula is C19H22N2O4S. The van der Waals surface area contributed by atoms with Gasteiger partial charge in [-0.2, -0.15) is 4.31 Å². The highest BCUT2D eigenvalue weighted by molar-refractivity contribution is 7.89. The summed E-state index contributed by atoms with van der Waals surface area (Å²) in [6.45, 7) is 2.86. The number of aromatic nitrogens is 1. The van der Waals surface area contributed by atoms with Crippen molar-refractivity contribution in [2.75, 3.05) is 13.1 Å². The standard InChI is InChI=1S/C19H22N2O4S/c1-15-4-6-16(7-5-15)14-25-19(22)17-8-11-21(12-9-17)26(23,24)18-3-2-10-20-13-18/h2-7,10,13,17H,8-9,11-12,14H2,1H3. The van der Waals surface area contributed by atoms with E-state index in [1.807, 2.05) is 31.2 Å². The predicted molar refractivity (Wildman–Crippen MR) is 96.7 cm³/mol. The summed E-state index contributed by atoms with van der Waals surface area (Å²) in [5.74, 6) is -0.523. The van der Waals surface area contributed by atoms with Crippen LogP contribution in [-0.2, 0) is 26.2 Å². The third-order valence-corrected chi connectivity index (χ3v) is 6.44. The number of carbonyl (C=O) groups excluding carboxylic acids is 1. The van der Waals surface area contributed by atoms with E-state index in [1.54, 1.807) is 6.07 Å². The van der Waals surface area contributed by atoms with Crippen molar-refractivity contribution >= 4 is 16.0 Å². The van der Waals surface area contributed by atoms with Crippen LogP contribution in [0.25, 0.3) is 0 Å². The molecule has 0 spiro atoms. The van der Waals surface area contributed by atoms with E-state index in [9.17, 15) is 13.2 Å². The molecule has 6 nitrogen and oxygen atoms in total. The molecule has 0 aliphatic carbocycles. The summed E-state index contributed by atoms with van der Waals surface area (Å²) in [5.41, 5.74) is 2.10. The molecule has 0 bridgehead atoms. The average molecular weight is 374 g/mol. The Hall–Kier alpha value is -2.25. The van der Waals surface area contributed by atoms with E-state index >= 15 is 0 Å². The molecule has 0 radical (unpaired) electrons. The second-order valence-corrected chi connectivity index (χ2v) is 8.40. The van der Waals surface area contributed by atoms with Gasteiger partial charge >= 0.3 is 5.97 Å². The van der Waals surface area contributed by atoms with Gasteiger partial charge in [0.15, 0.2) is 0 Å². The van der Waals surface area contributed by atoms with Crippen LogP contribution in [0.15, 0.2) is 53.7 Å². The Balaban J connectivity index is 1.53. The zero-order valence-corrected chi connectivity index (χ0v) is 15.5. The van der Waals surface area contributed by atoms with Crippen molar-refractivity contribution in [1.82, 2.24) is 9.29 Å². The maximum atomic E-state index is 12.6. The minimum Gasteiger partial charge on any atom is -0.461 e. The van der Waals surface area contributed by atoms with Crippen molar-refractivity contribution in [1.29, 1.82) is 0 Å². The maximum absolute atomic E-state index is 12.6. The third kappa shape index (κ3) is 4.28. The highest BCUT2D eigenvalue weighted by Gasteiger charge is 2.32. The van der Waals surface area contributed by atoms with Crippen molar-refractivity contribution < 1.29 is 17.9 Å². The molecule has 7 heteroatoms. The van der Waals surface area contributed by atoms with Gasteiger partial charge in [-0.05, 0) is 37.5 Å². The van der Waals surface area contributed by atoms with E-state index in [4.69, 9.17) is 4.74 Å². The Bertz CT molecular complexity index is 843. The minimum absolute atomic E-state index is 0.181. The van der Waals surface area contributed by atoms with Crippen molar-refractivity contribution in [2.45, 2.75) is 31.3 Å². The van der Waals surface area contributed by atoms with Crippen LogP contribution in [0.4, 0.5) is 0 Å². The van der Waals surface area contributed by atoms with E-state index in [0.29, 0.717) is 25.9 Å².